The third-order valence-electron chi connectivity index (χ3n) is 2.82. The predicted molar refractivity (Wildman–Crippen MR) is 81.6 cm³/mol. The number of benzene rings is 2. The summed E-state index contributed by atoms with van der Waals surface area (Å²) in [5.41, 5.74) is 3.69. The Labute approximate surface area is 128 Å². The number of halogens is 2. The molecule has 0 fully saturated rings. The van der Waals surface area contributed by atoms with Crippen molar-refractivity contribution in [3.05, 3.63) is 57.6 Å². The summed E-state index contributed by atoms with van der Waals surface area (Å²) in [5, 5.41) is 19.2. The zero-order chi connectivity index (χ0) is 13.8. The lowest BCUT2D eigenvalue weighted by molar-refractivity contribution is 1.36. The maximum absolute atomic E-state index is 9.37. The van der Waals surface area contributed by atoms with E-state index in [2.05, 4.69) is 44.0 Å². The molecule has 0 spiro atoms. The van der Waals surface area contributed by atoms with Crippen molar-refractivity contribution in [3.63, 3.8) is 0 Å². The highest BCUT2D eigenvalue weighted by Gasteiger charge is 2.14. The van der Waals surface area contributed by atoms with Gasteiger partial charge in [0.25, 0.3) is 0 Å². The Kier molecular flexibility index (Phi) is 4.37. The molecule has 0 aliphatic heterocycles. The highest BCUT2D eigenvalue weighted by molar-refractivity contribution is 9.10. The summed E-state index contributed by atoms with van der Waals surface area (Å²) < 4.78 is 0.775. The normalized spacial score (nSPS) is 9.68. The van der Waals surface area contributed by atoms with Crippen molar-refractivity contribution in [2.45, 2.75) is 5.33 Å². The molecule has 2 aromatic rings. The fraction of sp³-hybridized carbons (Fsp3) is 0.0667. The van der Waals surface area contributed by atoms with Crippen molar-refractivity contribution in [2.75, 3.05) is 0 Å². The summed E-state index contributed by atoms with van der Waals surface area (Å²) in [6.07, 6.45) is 0. The minimum Gasteiger partial charge on any atom is -0.192 e. The van der Waals surface area contributed by atoms with E-state index >= 15 is 0 Å². The number of hydrogen-bond donors (Lipinski definition) is 0. The van der Waals surface area contributed by atoms with Crippen LogP contribution in [0.15, 0.2) is 40.9 Å². The van der Waals surface area contributed by atoms with Crippen LogP contribution in [0, 0.1) is 22.7 Å². The van der Waals surface area contributed by atoms with Crippen LogP contribution in [0.1, 0.15) is 16.7 Å². The van der Waals surface area contributed by atoms with Gasteiger partial charge < -0.3 is 0 Å². The summed E-state index contributed by atoms with van der Waals surface area (Å²) in [5.74, 6) is 0. The van der Waals surface area contributed by atoms with Gasteiger partial charge in [0.15, 0.2) is 0 Å². The summed E-state index contributed by atoms with van der Waals surface area (Å²) in [6, 6.07) is 15.5. The summed E-state index contributed by atoms with van der Waals surface area (Å²) in [6.45, 7) is 0. The van der Waals surface area contributed by atoms with E-state index in [1.54, 1.807) is 6.07 Å². The molecule has 0 N–H and O–H groups in total. The van der Waals surface area contributed by atoms with Crippen LogP contribution in [0.5, 0.6) is 0 Å². The van der Waals surface area contributed by atoms with Gasteiger partial charge in [-0.25, -0.2) is 0 Å². The van der Waals surface area contributed by atoms with Gasteiger partial charge in [-0.15, -0.1) is 0 Å². The van der Waals surface area contributed by atoms with Crippen LogP contribution in [-0.4, -0.2) is 0 Å². The standard InChI is InChI=1S/C15H8Br2N2/c16-7-10-5-6-13(14(9-19)15(10)17)12-4-2-1-3-11(12)8-18/h1-6H,7H2. The molecule has 4 heteroatoms. The SMILES string of the molecule is N#Cc1ccccc1-c1ccc(CBr)c(Br)c1C#N. The smallest absolute Gasteiger partial charge is 0.101 e. The van der Waals surface area contributed by atoms with Crippen molar-refractivity contribution in [2.24, 2.45) is 0 Å². The van der Waals surface area contributed by atoms with E-state index in [4.69, 9.17) is 5.26 Å². The van der Waals surface area contributed by atoms with E-state index in [1.165, 1.54) is 0 Å². The van der Waals surface area contributed by atoms with Gasteiger partial charge >= 0.3 is 0 Å². The van der Waals surface area contributed by atoms with E-state index in [1.807, 2.05) is 30.3 Å². The highest BCUT2D eigenvalue weighted by atomic mass is 79.9. The van der Waals surface area contributed by atoms with Gasteiger partial charge in [0.05, 0.1) is 17.2 Å². The average Bonchev–Trinajstić information content (AvgIpc) is 2.46. The number of rotatable bonds is 2. The molecule has 0 aromatic heterocycles. The second-order valence-electron chi connectivity index (χ2n) is 3.86. The van der Waals surface area contributed by atoms with Gasteiger partial charge in [0, 0.05) is 20.9 Å². The molecule has 0 saturated carbocycles. The van der Waals surface area contributed by atoms with Crippen LogP contribution in [0.3, 0.4) is 0 Å². The van der Waals surface area contributed by atoms with Crippen molar-refractivity contribution in [1.82, 2.24) is 0 Å². The fourth-order valence-electron chi connectivity index (χ4n) is 1.87. The van der Waals surface area contributed by atoms with Crippen LogP contribution in [0.25, 0.3) is 11.1 Å². The van der Waals surface area contributed by atoms with E-state index < -0.39 is 0 Å². The van der Waals surface area contributed by atoms with E-state index in [0.29, 0.717) is 16.5 Å². The first-order chi connectivity index (χ1) is 9.22. The molecule has 0 bridgehead atoms. The molecule has 0 aliphatic carbocycles. The van der Waals surface area contributed by atoms with Gasteiger partial charge in [-0.05, 0) is 27.6 Å². The van der Waals surface area contributed by atoms with Crippen LogP contribution in [-0.2, 0) is 5.33 Å². The zero-order valence-electron chi connectivity index (χ0n) is 9.82. The maximum atomic E-state index is 9.37. The topological polar surface area (TPSA) is 47.6 Å². The monoisotopic (exact) mass is 374 g/mol. The Morgan fingerprint density at radius 2 is 1.68 bits per heavy atom. The van der Waals surface area contributed by atoms with Gasteiger partial charge in [-0.2, -0.15) is 10.5 Å². The van der Waals surface area contributed by atoms with E-state index in [-0.39, 0.29) is 0 Å². The van der Waals surface area contributed by atoms with Gasteiger partial charge in [-0.1, -0.05) is 46.3 Å². The first-order valence-corrected chi connectivity index (χ1v) is 7.41. The molecule has 0 unspecified atom stereocenters. The van der Waals surface area contributed by atoms with Crippen molar-refractivity contribution < 1.29 is 0 Å². The third kappa shape index (κ3) is 2.56. The number of nitriles is 2. The van der Waals surface area contributed by atoms with E-state index in [0.717, 1.165) is 21.2 Å². The highest BCUT2D eigenvalue weighted by Crippen LogP contribution is 2.33. The molecule has 0 radical (unpaired) electrons. The quantitative estimate of drug-likeness (QED) is 0.710. The molecular formula is C15H8Br2N2. The molecule has 0 aliphatic rings. The molecule has 19 heavy (non-hydrogen) atoms. The van der Waals surface area contributed by atoms with Crippen LogP contribution in [0.2, 0.25) is 0 Å². The minimum absolute atomic E-state index is 0.555. The molecule has 0 saturated heterocycles. The van der Waals surface area contributed by atoms with Gasteiger partial charge in [-0.3, -0.25) is 0 Å². The molecule has 0 amide bonds. The molecule has 0 heterocycles. The van der Waals surface area contributed by atoms with Crippen molar-refractivity contribution >= 4 is 31.9 Å². The largest absolute Gasteiger partial charge is 0.192 e. The van der Waals surface area contributed by atoms with Crippen LogP contribution >= 0.6 is 31.9 Å². The molecule has 0 atom stereocenters. The fourth-order valence-corrected chi connectivity index (χ4v) is 3.29. The predicted octanol–water partition coefficient (Wildman–Crippen LogP) is 4.75. The summed E-state index contributed by atoms with van der Waals surface area (Å²) in [4.78, 5) is 0. The zero-order valence-corrected chi connectivity index (χ0v) is 13.0. The molecule has 92 valence electrons. The average molecular weight is 376 g/mol. The number of nitrogens with zero attached hydrogens (tertiary/aromatic N) is 2. The minimum atomic E-state index is 0.555. The molecule has 2 rings (SSSR count). The van der Waals surface area contributed by atoms with E-state index in [9.17, 15) is 5.26 Å². The first-order valence-electron chi connectivity index (χ1n) is 5.50. The summed E-state index contributed by atoms with van der Waals surface area (Å²) in [7, 11) is 0. The van der Waals surface area contributed by atoms with Crippen LogP contribution < -0.4 is 0 Å². The Hall–Kier alpha value is -1.62. The summed E-state index contributed by atoms with van der Waals surface area (Å²) >= 11 is 6.85. The first kappa shape index (κ1) is 13.8. The Morgan fingerprint density at radius 3 is 2.32 bits per heavy atom. The molecular weight excluding hydrogens is 368 g/mol. The Balaban J connectivity index is 2.75. The maximum Gasteiger partial charge on any atom is 0.101 e. The Bertz CT molecular complexity index is 709. The molecule has 2 aromatic carbocycles. The van der Waals surface area contributed by atoms with Crippen molar-refractivity contribution in [3.8, 4) is 23.3 Å². The van der Waals surface area contributed by atoms with Gasteiger partial charge in [0.1, 0.15) is 6.07 Å². The second-order valence-corrected chi connectivity index (χ2v) is 5.22. The molecule has 2 nitrogen and oxygen atoms in total. The second kappa shape index (κ2) is 6.02. The van der Waals surface area contributed by atoms with Gasteiger partial charge in [0.2, 0.25) is 0 Å². The number of alkyl halides is 1. The lowest BCUT2D eigenvalue weighted by atomic mass is 9.95. The third-order valence-corrected chi connectivity index (χ3v) is 4.33. The number of hydrogen-bond acceptors (Lipinski definition) is 2. The lowest BCUT2D eigenvalue weighted by Gasteiger charge is -2.10. The Morgan fingerprint density at radius 1 is 0.947 bits per heavy atom. The van der Waals surface area contributed by atoms with Crippen molar-refractivity contribution in [1.29, 1.82) is 10.5 Å². The lowest BCUT2D eigenvalue weighted by Crippen LogP contribution is -1.92. The van der Waals surface area contributed by atoms with Crippen LogP contribution in [0.4, 0.5) is 0 Å².